The van der Waals surface area contributed by atoms with Crippen LogP contribution in [0.3, 0.4) is 0 Å². The van der Waals surface area contributed by atoms with Crippen LogP contribution in [0.5, 0.6) is 0 Å². The number of hydrogen-bond donors (Lipinski definition) is 0. The first-order valence-corrected chi connectivity index (χ1v) is 15.3. The van der Waals surface area contributed by atoms with Crippen LogP contribution in [0.1, 0.15) is 0 Å². The van der Waals surface area contributed by atoms with Crippen LogP contribution in [0.25, 0.3) is 49.4 Å². The van der Waals surface area contributed by atoms with E-state index >= 15 is 0 Å². The molecule has 2 nitrogen and oxygen atoms in total. The zero-order valence-electron chi connectivity index (χ0n) is 23.4. The van der Waals surface area contributed by atoms with Crippen LogP contribution in [0.2, 0.25) is 0 Å². The molecule has 8 aromatic rings. The molecule has 0 atom stereocenters. The quantitative estimate of drug-likeness (QED) is 0.187. The number of nitrogens with zero attached hydrogens (tertiary/aromatic N) is 2. The average molecular weight is 616 g/mol. The molecule has 7 aromatic carbocycles. The van der Waals surface area contributed by atoms with Crippen molar-refractivity contribution >= 4 is 65.6 Å². The van der Waals surface area contributed by atoms with Crippen molar-refractivity contribution < 1.29 is 0 Å². The van der Waals surface area contributed by atoms with Gasteiger partial charge in [0.25, 0.3) is 0 Å². The van der Waals surface area contributed by atoms with Gasteiger partial charge in [-0.1, -0.05) is 119 Å². The van der Waals surface area contributed by atoms with Gasteiger partial charge >= 0.3 is 0 Å². The van der Waals surface area contributed by atoms with Crippen molar-refractivity contribution in [3.05, 3.63) is 168 Å². The fourth-order valence-electron chi connectivity index (χ4n) is 6.27. The van der Waals surface area contributed by atoms with Crippen LogP contribution < -0.4 is 4.90 Å². The fraction of sp³-hybridized carbons (Fsp3) is 0. The van der Waals surface area contributed by atoms with Gasteiger partial charge in [-0.05, 0) is 77.2 Å². The molecular formula is C40H27BrN2. The van der Waals surface area contributed by atoms with Crippen molar-refractivity contribution in [2.24, 2.45) is 0 Å². The smallest absolute Gasteiger partial charge is 0.0552 e. The summed E-state index contributed by atoms with van der Waals surface area (Å²) in [4.78, 5) is 2.36. The molecule has 0 fully saturated rings. The van der Waals surface area contributed by atoms with Crippen LogP contribution in [0.4, 0.5) is 17.1 Å². The molecule has 3 heteroatoms. The van der Waals surface area contributed by atoms with Crippen molar-refractivity contribution in [3.8, 4) is 16.8 Å². The Morgan fingerprint density at radius 3 is 1.81 bits per heavy atom. The minimum absolute atomic E-state index is 1.11. The highest BCUT2D eigenvalue weighted by Crippen LogP contribution is 2.41. The molecule has 204 valence electrons. The number of para-hydroxylation sites is 1. The molecule has 0 N–H and O–H groups in total. The summed E-state index contributed by atoms with van der Waals surface area (Å²) in [5, 5.41) is 4.91. The zero-order chi connectivity index (χ0) is 28.8. The molecule has 0 bridgehead atoms. The molecule has 0 spiro atoms. The Bertz CT molecular complexity index is 2230. The molecule has 0 unspecified atom stereocenters. The number of hydrogen-bond acceptors (Lipinski definition) is 1. The Balaban J connectivity index is 1.28. The van der Waals surface area contributed by atoms with Crippen LogP contribution in [0, 0.1) is 0 Å². The molecule has 0 saturated carbocycles. The van der Waals surface area contributed by atoms with Gasteiger partial charge in [0.2, 0.25) is 0 Å². The SMILES string of the molecule is Brc1cccc2c1c1ccccc1n2-c1ccc(N(c2ccc(-c3ccccc3)cc2)c2cccc3ccccc23)cc1. The van der Waals surface area contributed by atoms with E-state index in [2.05, 4.69) is 189 Å². The highest BCUT2D eigenvalue weighted by atomic mass is 79.9. The first-order valence-electron chi connectivity index (χ1n) is 14.5. The molecule has 0 saturated heterocycles. The number of fused-ring (bicyclic) bond motifs is 4. The number of rotatable bonds is 5. The zero-order valence-corrected chi connectivity index (χ0v) is 24.9. The van der Waals surface area contributed by atoms with Crippen LogP contribution in [-0.2, 0) is 0 Å². The Kier molecular flexibility index (Phi) is 6.31. The maximum atomic E-state index is 3.81. The van der Waals surface area contributed by atoms with Crippen molar-refractivity contribution in [2.45, 2.75) is 0 Å². The second-order valence-corrected chi connectivity index (χ2v) is 11.6. The molecule has 0 aliphatic heterocycles. The monoisotopic (exact) mass is 614 g/mol. The van der Waals surface area contributed by atoms with Crippen molar-refractivity contribution in [2.75, 3.05) is 4.90 Å². The third kappa shape index (κ3) is 4.41. The molecule has 0 amide bonds. The summed E-state index contributed by atoms with van der Waals surface area (Å²) in [5.74, 6) is 0. The van der Waals surface area contributed by atoms with Gasteiger partial charge in [0.05, 0.1) is 16.7 Å². The Morgan fingerprint density at radius 2 is 1.02 bits per heavy atom. The highest BCUT2D eigenvalue weighted by molar-refractivity contribution is 9.10. The fourth-order valence-corrected chi connectivity index (χ4v) is 6.84. The van der Waals surface area contributed by atoms with E-state index in [0.717, 1.165) is 27.2 Å². The van der Waals surface area contributed by atoms with Crippen molar-refractivity contribution in [1.82, 2.24) is 4.57 Å². The topological polar surface area (TPSA) is 8.17 Å². The van der Waals surface area contributed by atoms with Gasteiger partial charge < -0.3 is 9.47 Å². The largest absolute Gasteiger partial charge is 0.310 e. The number of halogens is 1. The number of aromatic nitrogens is 1. The predicted octanol–water partition coefficient (Wildman–Crippen LogP) is 11.8. The van der Waals surface area contributed by atoms with E-state index in [9.17, 15) is 0 Å². The van der Waals surface area contributed by atoms with Crippen LogP contribution in [-0.4, -0.2) is 4.57 Å². The van der Waals surface area contributed by atoms with Crippen LogP contribution >= 0.6 is 15.9 Å². The predicted molar refractivity (Wildman–Crippen MR) is 186 cm³/mol. The van der Waals surface area contributed by atoms with Gasteiger partial charge in [0.1, 0.15) is 0 Å². The summed E-state index contributed by atoms with van der Waals surface area (Å²) in [6.07, 6.45) is 0. The summed E-state index contributed by atoms with van der Waals surface area (Å²) in [7, 11) is 0. The van der Waals surface area contributed by atoms with Gasteiger partial charge in [0, 0.05) is 37.7 Å². The number of anilines is 3. The van der Waals surface area contributed by atoms with E-state index in [1.165, 1.54) is 43.7 Å². The van der Waals surface area contributed by atoms with Crippen molar-refractivity contribution in [3.63, 3.8) is 0 Å². The van der Waals surface area contributed by atoms with E-state index in [4.69, 9.17) is 0 Å². The van der Waals surface area contributed by atoms with E-state index in [0.29, 0.717) is 0 Å². The third-order valence-corrected chi connectivity index (χ3v) is 8.91. The lowest BCUT2D eigenvalue weighted by atomic mass is 10.0. The molecule has 1 aromatic heterocycles. The van der Waals surface area contributed by atoms with Gasteiger partial charge in [-0.2, -0.15) is 0 Å². The van der Waals surface area contributed by atoms with E-state index in [-0.39, 0.29) is 0 Å². The lowest BCUT2D eigenvalue weighted by Crippen LogP contribution is -2.10. The van der Waals surface area contributed by atoms with Gasteiger partial charge in [0.15, 0.2) is 0 Å². The molecule has 0 aliphatic rings. The maximum Gasteiger partial charge on any atom is 0.0552 e. The maximum absolute atomic E-state index is 3.81. The molecule has 0 aliphatic carbocycles. The van der Waals surface area contributed by atoms with E-state index in [1.54, 1.807) is 0 Å². The molecular weight excluding hydrogens is 588 g/mol. The molecule has 8 rings (SSSR count). The van der Waals surface area contributed by atoms with E-state index < -0.39 is 0 Å². The second kappa shape index (κ2) is 10.6. The molecule has 0 radical (unpaired) electrons. The summed E-state index contributed by atoms with van der Waals surface area (Å²) in [6, 6.07) is 58.6. The first-order chi connectivity index (χ1) is 21.3. The summed E-state index contributed by atoms with van der Waals surface area (Å²) < 4.78 is 3.47. The number of benzene rings is 7. The van der Waals surface area contributed by atoms with Gasteiger partial charge in [-0.3, -0.25) is 0 Å². The van der Waals surface area contributed by atoms with Crippen LogP contribution in [0.15, 0.2) is 168 Å². The normalized spacial score (nSPS) is 11.4. The third-order valence-electron chi connectivity index (χ3n) is 8.25. The summed E-state index contributed by atoms with van der Waals surface area (Å²) in [5.41, 5.74) is 9.30. The van der Waals surface area contributed by atoms with Gasteiger partial charge in [-0.15, -0.1) is 0 Å². The second-order valence-electron chi connectivity index (χ2n) is 10.7. The lowest BCUT2D eigenvalue weighted by Gasteiger charge is -2.27. The molecule has 1 heterocycles. The van der Waals surface area contributed by atoms with Crippen molar-refractivity contribution in [1.29, 1.82) is 0 Å². The summed E-state index contributed by atoms with van der Waals surface area (Å²) >= 11 is 3.81. The summed E-state index contributed by atoms with van der Waals surface area (Å²) in [6.45, 7) is 0. The van der Waals surface area contributed by atoms with E-state index in [1.807, 2.05) is 0 Å². The lowest BCUT2D eigenvalue weighted by molar-refractivity contribution is 1.17. The standard InChI is InChI=1S/C40H27BrN2/c41-36-16-9-19-39-40(36)35-15-6-7-17-38(35)43(39)33-26-24-32(25-27-33)42(37-18-8-13-30-12-4-5-14-34(30)37)31-22-20-29(21-23-31)28-10-2-1-3-11-28/h1-27H. The Labute approximate surface area is 259 Å². The average Bonchev–Trinajstić information content (AvgIpc) is 3.42. The first kappa shape index (κ1) is 25.6. The van der Waals surface area contributed by atoms with Gasteiger partial charge in [-0.25, -0.2) is 0 Å². The minimum Gasteiger partial charge on any atom is -0.310 e. The Hall–Kier alpha value is -5.12. The Morgan fingerprint density at radius 1 is 0.442 bits per heavy atom. The minimum atomic E-state index is 1.11. The molecule has 43 heavy (non-hydrogen) atoms. The highest BCUT2D eigenvalue weighted by Gasteiger charge is 2.17.